The highest BCUT2D eigenvalue weighted by Crippen LogP contribution is 2.22. The van der Waals surface area contributed by atoms with Crippen molar-refractivity contribution in [2.45, 2.75) is 45.6 Å². The first-order valence-electron chi connectivity index (χ1n) is 8.48. The Hall–Kier alpha value is -2.43. The lowest BCUT2D eigenvalue weighted by Gasteiger charge is -2.35. The Kier molecular flexibility index (Phi) is 4.79. The van der Waals surface area contributed by atoms with E-state index in [1.54, 1.807) is 13.8 Å². The third-order valence-electron chi connectivity index (χ3n) is 4.74. The standard InChI is InChI=1S/C19H23N3O2/c1-13-14(2)21-18(23)17(20-13)19(24)22-11-7-6-10-16(22)12-15-8-4-3-5-9-15/h3-5,8-9,16H,6-7,10-12H2,1-2H3,(H,21,23). The molecule has 1 atom stereocenters. The van der Waals surface area contributed by atoms with Crippen LogP contribution in [0.15, 0.2) is 35.1 Å². The number of aromatic nitrogens is 2. The van der Waals surface area contributed by atoms with Gasteiger partial charge in [0.05, 0.1) is 5.69 Å². The predicted molar refractivity (Wildman–Crippen MR) is 93.2 cm³/mol. The van der Waals surface area contributed by atoms with E-state index in [0.717, 1.165) is 25.7 Å². The summed E-state index contributed by atoms with van der Waals surface area (Å²) in [6.07, 6.45) is 3.86. The first-order chi connectivity index (χ1) is 11.6. The van der Waals surface area contributed by atoms with Gasteiger partial charge in [0.1, 0.15) is 0 Å². The molecule has 1 unspecified atom stereocenters. The normalized spacial score (nSPS) is 17.8. The van der Waals surface area contributed by atoms with E-state index in [2.05, 4.69) is 22.1 Å². The third kappa shape index (κ3) is 3.40. The molecule has 1 aliphatic heterocycles. The van der Waals surface area contributed by atoms with Crippen LogP contribution in [0.3, 0.4) is 0 Å². The highest BCUT2D eigenvalue weighted by molar-refractivity contribution is 5.92. The molecular weight excluding hydrogens is 302 g/mol. The number of benzene rings is 1. The number of hydrogen-bond acceptors (Lipinski definition) is 3. The number of likely N-dealkylation sites (tertiary alicyclic amines) is 1. The van der Waals surface area contributed by atoms with Crippen LogP contribution >= 0.6 is 0 Å². The van der Waals surface area contributed by atoms with E-state index in [1.165, 1.54) is 5.56 Å². The highest BCUT2D eigenvalue weighted by atomic mass is 16.2. The molecule has 0 saturated carbocycles. The molecule has 1 aliphatic rings. The fourth-order valence-electron chi connectivity index (χ4n) is 3.27. The Morgan fingerprint density at radius 2 is 2.00 bits per heavy atom. The molecular formula is C19H23N3O2. The molecule has 1 saturated heterocycles. The number of carbonyl (C=O) groups excluding carboxylic acids is 1. The maximum absolute atomic E-state index is 12.9. The number of rotatable bonds is 3. The van der Waals surface area contributed by atoms with Gasteiger partial charge in [-0.3, -0.25) is 9.59 Å². The topological polar surface area (TPSA) is 66.1 Å². The number of hydrogen-bond donors (Lipinski definition) is 1. The van der Waals surface area contributed by atoms with Crippen LogP contribution < -0.4 is 5.56 Å². The second kappa shape index (κ2) is 6.99. The Balaban J connectivity index is 1.86. The van der Waals surface area contributed by atoms with E-state index in [4.69, 9.17) is 0 Å². The number of nitrogens with one attached hydrogen (secondary N) is 1. The van der Waals surface area contributed by atoms with Crippen molar-refractivity contribution in [1.82, 2.24) is 14.9 Å². The molecule has 3 rings (SSSR count). The van der Waals surface area contributed by atoms with Crippen LogP contribution in [0.25, 0.3) is 0 Å². The first-order valence-corrected chi connectivity index (χ1v) is 8.48. The molecule has 126 valence electrons. The van der Waals surface area contributed by atoms with Gasteiger partial charge in [-0.15, -0.1) is 0 Å². The summed E-state index contributed by atoms with van der Waals surface area (Å²) in [4.78, 5) is 33.9. The zero-order valence-corrected chi connectivity index (χ0v) is 14.2. The zero-order valence-electron chi connectivity index (χ0n) is 14.2. The molecule has 5 nitrogen and oxygen atoms in total. The van der Waals surface area contributed by atoms with E-state index in [9.17, 15) is 9.59 Å². The van der Waals surface area contributed by atoms with Crippen molar-refractivity contribution in [3.05, 3.63) is 63.3 Å². The van der Waals surface area contributed by atoms with Crippen LogP contribution in [0.5, 0.6) is 0 Å². The van der Waals surface area contributed by atoms with Gasteiger partial charge in [0.2, 0.25) is 0 Å². The lowest BCUT2D eigenvalue weighted by Crippen LogP contribution is -2.46. The molecule has 1 N–H and O–H groups in total. The largest absolute Gasteiger partial charge is 0.334 e. The minimum atomic E-state index is -0.396. The molecule has 1 fully saturated rings. The van der Waals surface area contributed by atoms with E-state index in [0.29, 0.717) is 17.9 Å². The van der Waals surface area contributed by atoms with Gasteiger partial charge in [-0.2, -0.15) is 0 Å². The number of H-pyrrole nitrogens is 1. The third-order valence-corrected chi connectivity index (χ3v) is 4.74. The van der Waals surface area contributed by atoms with Crippen LogP contribution in [0.2, 0.25) is 0 Å². The SMILES string of the molecule is Cc1nc(C(=O)N2CCCCC2Cc2ccccc2)c(=O)[nH]c1C. The van der Waals surface area contributed by atoms with Crippen LogP contribution in [0.1, 0.15) is 46.7 Å². The van der Waals surface area contributed by atoms with Crippen molar-refractivity contribution in [3.63, 3.8) is 0 Å². The predicted octanol–water partition coefficient (Wildman–Crippen LogP) is 2.62. The van der Waals surface area contributed by atoms with Gasteiger partial charge in [0.15, 0.2) is 5.69 Å². The maximum Gasteiger partial charge on any atom is 0.279 e. The van der Waals surface area contributed by atoms with Gasteiger partial charge in [0, 0.05) is 18.3 Å². The van der Waals surface area contributed by atoms with Crippen molar-refractivity contribution in [2.75, 3.05) is 6.54 Å². The summed E-state index contributed by atoms with van der Waals surface area (Å²) in [6.45, 7) is 4.28. The van der Waals surface area contributed by atoms with Crippen LogP contribution in [-0.4, -0.2) is 33.4 Å². The lowest BCUT2D eigenvalue weighted by molar-refractivity contribution is 0.0605. The molecule has 0 bridgehead atoms. The van der Waals surface area contributed by atoms with Gasteiger partial charge in [-0.25, -0.2) is 4.98 Å². The monoisotopic (exact) mass is 325 g/mol. The number of amides is 1. The second-order valence-electron chi connectivity index (χ2n) is 6.46. The molecule has 0 aliphatic carbocycles. The molecule has 1 aromatic carbocycles. The summed E-state index contributed by atoms with van der Waals surface area (Å²) in [5, 5.41) is 0. The fourth-order valence-corrected chi connectivity index (χ4v) is 3.27. The minimum Gasteiger partial charge on any atom is -0.334 e. The minimum absolute atomic E-state index is 0.0121. The summed E-state index contributed by atoms with van der Waals surface area (Å²) >= 11 is 0. The molecule has 0 spiro atoms. The number of aryl methyl sites for hydroxylation is 2. The highest BCUT2D eigenvalue weighted by Gasteiger charge is 2.30. The van der Waals surface area contributed by atoms with Gasteiger partial charge < -0.3 is 9.88 Å². The van der Waals surface area contributed by atoms with Crippen molar-refractivity contribution in [3.8, 4) is 0 Å². The zero-order chi connectivity index (χ0) is 17.1. The average Bonchev–Trinajstić information content (AvgIpc) is 2.59. The number of carbonyl (C=O) groups is 1. The number of piperidine rings is 1. The van der Waals surface area contributed by atoms with Crippen LogP contribution in [-0.2, 0) is 6.42 Å². The molecule has 0 radical (unpaired) electrons. The second-order valence-corrected chi connectivity index (χ2v) is 6.46. The van der Waals surface area contributed by atoms with E-state index in [1.807, 2.05) is 23.1 Å². The van der Waals surface area contributed by atoms with Crippen molar-refractivity contribution >= 4 is 5.91 Å². The van der Waals surface area contributed by atoms with Crippen molar-refractivity contribution in [1.29, 1.82) is 0 Å². The van der Waals surface area contributed by atoms with E-state index < -0.39 is 5.56 Å². The summed E-state index contributed by atoms with van der Waals surface area (Å²) < 4.78 is 0. The smallest absolute Gasteiger partial charge is 0.279 e. The Bertz CT molecular complexity index is 783. The van der Waals surface area contributed by atoms with Gasteiger partial charge in [-0.1, -0.05) is 30.3 Å². The molecule has 24 heavy (non-hydrogen) atoms. The Morgan fingerprint density at radius 3 is 2.75 bits per heavy atom. The molecule has 1 aromatic heterocycles. The molecule has 5 heteroatoms. The summed E-state index contributed by atoms with van der Waals surface area (Å²) in [5.74, 6) is -0.250. The van der Waals surface area contributed by atoms with E-state index >= 15 is 0 Å². The Labute approximate surface area is 141 Å². The first kappa shape index (κ1) is 16.4. The van der Waals surface area contributed by atoms with Crippen LogP contribution in [0, 0.1) is 13.8 Å². The average molecular weight is 325 g/mol. The van der Waals surface area contributed by atoms with Gasteiger partial charge in [-0.05, 0) is 45.1 Å². The molecule has 2 heterocycles. The van der Waals surface area contributed by atoms with Gasteiger partial charge in [0.25, 0.3) is 11.5 Å². The van der Waals surface area contributed by atoms with Crippen LogP contribution in [0.4, 0.5) is 0 Å². The fraction of sp³-hybridized carbons (Fsp3) is 0.421. The number of aromatic amines is 1. The molecule has 1 amide bonds. The maximum atomic E-state index is 12.9. The van der Waals surface area contributed by atoms with Crippen molar-refractivity contribution in [2.24, 2.45) is 0 Å². The quantitative estimate of drug-likeness (QED) is 0.943. The lowest BCUT2D eigenvalue weighted by atomic mass is 9.95. The van der Waals surface area contributed by atoms with Gasteiger partial charge >= 0.3 is 0 Å². The Morgan fingerprint density at radius 1 is 1.25 bits per heavy atom. The molecule has 2 aromatic rings. The van der Waals surface area contributed by atoms with E-state index in [-0.39, 0.29) is 17.6 Å². The summed E-state index contributed by atoms with van der Waals surface area (Å²) in [5.41, 5.74) is 2.22. The summed E-state index contributed by atoms with van der Waals surface area (Å²) in [7, 11) is 0. The van der Waals surface area contributed by atoms with Crippen molar-refractivity contribution < 1.29 is 4.79 Å². The number of nitrogens with zero attached hydrogens (tertiary/aromatic N) is 2. The summed E-state index contributed by atoms with van der Waals surface area (Å²) in [6, 6.07) is 10.3.